The summed E-state index contributed by atoms with van der Waals surface area (Å²) >= 11 is 3.58. The number of allylic oxidation sites excluding steroid dienone is 3. The summed E-state index contributed by atoms with van der Waals surface area (Å²) in [7, 11) is 0. The topological polar surface area (TPSA) is 32.7 Å². The van der Waals surface area contributed by atoms with Gasteiger partial charge >= 0.3 is 0 Å². The fourth-order valence-corrected chi connectivity index (χ4v) is 4.12. The molecule has 19 heavy (non-hydrogen) atoms. The zero-order valence-corrected chi connectivity index (χ0v) is 12.6. The van der Waals surface area contributed by atoms with Gasteiger partial charge in [-0.05, 0) is 28.5 Å². The van der Waals surface area contributed by atoms with Crippen molar-refractivity contribution in [1.29, 1.82) is 0 Å². The third-order valence-electron chi connectivity index (χ3n) is 4.50. The lowest BCUT2D eigenvalue weighted by atomic mass is 9.76. The average molecular weight is 332 g/mol. The van der Waals surface area contributed by atoms with Crippen molar-refractivity contribution >= 4 is 15.9 Å². The normalized spacial score (nSPS) is 38.7. The van der Waals surface area contributed by atoms with Gasteiger partial charge in [-0.1, -0.05) is 22.9 Å². The van der Waals surface area contributed by atoms with Crippen LogP contribution in [0.15, 0.2) is 21.8 Å². The van der Waals surface area contributed by atoms with Crippen LogP contribution in [0, 0.1) is 5.92 Å². The molecule has 1 aliphatic carbocycles. The predicted molar refractivity (Wildman–Crippen MR) is 74.7 cm³/mol. The van der Waals surface area contributed by atoms with Crippen LogP contribution in [0.1, 0.15) is 19.8 Å². The second kappa shape index (κ2) is 4.86. The molecule has 0 aromatic heterocycles. The highest BCUT2D eigenvalue weighted by Gasteiger charge is 2.49. The molecule has 1 N–H and O–H groups in total. The zero-order valence-electron chi connectivity index (χ0n) is 11.0. The Labute approximate surface area is 121 Å². The lowest BCUT2D eigenvalue weighted by molar-refractivity contribution is -0.0893. The molecule has 3 atom stereocenters. The van der Waals surface area contributed by atoms with Crippen molar-refractivity contribution in [2.24, 2.45) is 5.92 Å². The van der Waals surface area contributed by atoms with Crippen LogP contribution in [0.5, 0.6) is 0 Å². The Morgan fingerprint density at radius 1 is 1.63 bits per heavy atom. The van der Waals surface area contributed by atoms with Gasteiger partial charge in [0, 0.05) is 18.7 Å². The summed E-state index contributed by atoms with van der Waals surface area (Å²) in [5.41, 5.74) is 0.698. The highest BCUT2D eigenvalue weighted by Crippen LogP contribution is 2.45. The number of hydrogen-bond donors (Lipinski definition) is 1. The minimum Gasteiger partial charge on any atom is -0.393 e. The van der Waals surface area contributed by atoms with Crippen molar-refractivity contribution in [2.75, 3.05) is 26.4 Å². The second-order valence-corrected chi connectivity index (χ2v) is 6.78. The molecule has 1 saturated heterocycles. The van der Waals surface area contributed by atoms with Gasteiger partial charge in [0.15, 0.2) is 5.67 Å². The van der Waals surface area contributed by atoms with E-state index in [0.717, 1.165) is 17.7 Å². The molecule has 2 aliphatic heterocycles. The first-order chi connectivity index (χ1) is 9.05. The number of morpholine rings is 1. The van der Waals surface area contributed by atoms with Crippen LogP contribution in [0.3, 0.4) is 0 Å². The number of ether oxygens (including phenoxy) is 1. The number of hydrogen-bond acceptors (Lipinski definition) is 3. The maximum absolute atomic E-state index is 15.0. The number of rotatable bonds is 1. The minimum atomic E-state index is -1.58. The average Bonchev–Trinajstić information content (AvgIpc) is 2.41. The quantitative estimate of drug-likeness (QED) is 0.800. The summed E-state index contributed by atoms with van der Waals surface area (Å²) in [6.07, 6.45) is 3.35. The minimum absolute atomic E-state index is 0.319. The Morgan fingerprint density at radius 3 is 3.16 bits per heavy atom. The molecular formula is C14H19BrFNO2. The summed E-state index contributed by atoms with van der Waals surface area (Å²) in [5, 5.41) is 9.51. The third kappa shape index (κ3) is 2.16. The van der Waals surface area contributed by atoms with E-state index in [4.69, 9.17) is 4.74 Å². The number of fused-ring (bicyclic) bond motifs is 2. The van der Waals surface area contributed by atoms with Crippen molar-refractivity contribution in [3.05, 3.63) is 21.8 Å². The molecule has 0 aromatic carbocycles. The van der Waals surface area contributed by atoms with Crippen molar-refractivity contribution < 1.29 is 14.2 Å². The van der Waals surface area contributed by atoms with Gasteiger partial charge in [0.2, 0.25) is 0 Å². The van der Waals surface area contributed by atoms with Gasteiger partial charge in [-0.15, -0.1) is 0 Å². The molecule has 3 nitrogen and oxygen atoms in total. The molecule has 0 bridgehead atoms. The van der Waals surface area contributed by atoms with Crippen LogP contribution >= 0.6 is 15.9 Å². The van der Waals surface area contributed by atoms with Crippen LogP contribution in [0.4, 0.5) is 4.39 Å². The molecule has 3 aliphatic rings. The van der Waals surface area contributed by atoms with E-state index in [2.05, 4.69) is 33.8 Å². The highest BCUT2D eigenvalue weighted by atomic mass is 79.9. The van der Waals surface area contributed by atoms with E-state index < -0.39 is 12.3 Å². The van der Waals surface area contributed by atoms with E-state index >= 15 is 4.39 Å². The molecular weight excluding hydrogens is 313 g/mol. The molecule has 0 spiro atoms. The highest BCUT2D eigenvalue weighted by molar-refractivity contribution is 9.11. The van der Waals surface area contributed by atoms with E-state index in [1.54, 1.807) is 0 Å². The molecule has 0 radical (unpaired) electrons. The van der Waals surface area contributed by atoms with Gasteiger partial charge in [0.1, 0.15) is 0 Å². The van der Waals surface area contributed by atoms with E-state index in [9.17, 15) is 5.11 Å². The van der Waals surface area contributed by atoms with E-state index in [-0.39, 0.29) is 6.04 Å². The first kappa shape index (κ1) is 13.6. The smallest absolute Gasteiger partial charge is 0.160 e. The number of aliphatic hydroxyl groups excluding tert-OH is 1. The predicted octanol–water partition coefficient (Wildman–Crippen LogP) is 2.36. The summed E-state index contributed by atoms with van der Waals surface area (Å²) in [4.78, 5) is 2.09. The molecule has 5 heteroatoms. The van der Waals surface area contributed by atoms with Crippen molar-refractivity contribution in [2.45, 2.75) is 31.5 Å². The van der Waals surface area contributed by atoms with Crippen molar-refractivity contribution in [3.8, 4) is 0 Å². The first-order valence-corrected chi connectivity index (χ1v) is 7.58. The summed E-state index contributed by atoms with van der Waals surface area (Å²) < 4.78 is 21.6. The van der Waals surface area contributed by atoms with E-state index in [1.807, 2.05) is 0 Å². The van der Waals surface area contributed by atoms with Crippen LogP contribution in [0.2, 0.25) is 0 Å². The lowest BCUT2D eigenvalue weighted by Crippen LogP contribution is -2.60. The third-order valence-corrected chi connectivity index (χ3v) is 5.05. The number of halogens is 2. The Bertz CT molecular complexity index is 451. The van der Waals surface area contributed by atoms with Crippen molar-refractivity contribution in [1.82, 2.24) is 4.90 Å². The Kier molecular flexibility index (Phi) is 3.48. The van der Waals surface area contributed by atoms with Gasteiger partial charge in [-0.25, -0.2) is 4.39 Å². The number of aliphatic hydroxyl groups is 1. The Balaban J connectivity index is 2.05. The molecule has 3 rings (SSSR count). The lowest BCUT2D eigenvalue weighted by Gasteiger charge is -2.51. The van der Waals surface area contributed by atoms with Crippen molar-refractivity contribution in [3.63, 3.8) is 0 Å². The monoisotopic (exact) mass is 331 g/mol. The maximum atomic E-state index is 15.0. The van der Waals surface area contributed by atoms with Crippen LogP contribution in [0.25, 0.3) is 0 Å². The Morgan fingerprint density at radius 2 is 2.42 bits per heavy atom. The molecule has 2 heterocycles. The summed E-state index contributed by atoms with van der Waals surface area (Å²) in [6, 6.07) is -0.369. The second-order valence-electron chi connectivity index (χ2n) is 5.76. The van der Waals surface area contributed by atoms with E-state index in [0.29, 0.717) is 32.1 Å². The molecule has 0 amide bonds. The molecule has 106 valence electrons. The Hall–Kier alpha value is -0.390. The molecule has 0 aromatic rings. The first-order valence-electron chi connectivity index (χ1n) is 6.78. The number of nitrogens with zero attached hydrogens (tertiary/aromatic N) is 1. The van der Waals surface area contributed by atoms with Gasteiger partial charge in [-0.3, -0.25) is 0 Å². The fourth-order valence-electron chi connectivity index (χ4n) is 3.42. The van der Waals surface area contributed by atoms with Crippen LogP contribution < -0.4 is 0 Å². The van der Waals surface area contributed by atoms with Gasteiger partial charge in [0.05, 0.1) is 25.9 Å². The zero-order chi connectivity index (χ0) is 13.6. The van der Waals surface area contributed by atoms with Crippen LogP contribution in [-0.4, -0.2) is 48.1 Å². The molecule has 3 unspecified atom stereocenters. The van der Waals surface area contributed by atoms with Gasteiger partial charge in [-0.2, -0.15) is 0 Å². The summed E-state index contributed by atoms with van der Waals surface area (Å²) in [6.45, 7) is 3.36. The molecule has 0 saturated carbocycles. The van der Waals surface area contributed by atoms with Gasteiger partial charge in [0.25, 0.3) is 0 Å². The summed E-state index contributed by atoms with van der Waals surface area (Å²) in [5.74, 6) is 0.319. The molecule has 1 fully saturated rings. The van der Waals surface area contributed by atoms with E-state index in [1.165, 1.54) is 4.48 Å². The fraction of sp³-hybridized carbons (Fsp3) is 0.714. The van der Waals surface area contributed by atoms with Crippen LogP contribution in [-0.2, 0) is 4.74 Å². The maximum Gasteiger partial charge on any atom is 0.160 e. The largest absolute Gasteiger partial charge is 0.393 e. The van der Waals surface area contributed by atoms with Gasteiger partial charge < -0.3 is 14.7 Å². The standard InChI is InChI=1S/C14H19BrFNO2/c1-9-4-10(15)5-12-11(9)6-14(16,8-18)13-7-19-3-2-17(12)13/h5,9,13,18H,2-4,6-8H2,1H3. The SMILES string of the molecule is CC1CC(Br)=CC2=C1CC(F)(CO)C1COCCN21. The number of alkyl halides is 1.